The van der Waals surface area contributed by atoms with Gasteiger partial charge in [-0.3, -0.25) is 0 Å². The summed E-state index contributed by atoms with van der Waals surface area (Å²) in [7, 11) is -0.239. The SMILES string of the molecule is COCC(N)CN(C)S(=O)(=O)N1CCC(C)CC1. The molecule has 6 nitrogen and oxygen atoms in total. The lowest BCUT2D eigenvalue weighted by Gasteiger charge is -2.33. The lowest BCUT2D eigenvalue weighted by molar-refractivity contribution is 0.171. The first-order chi connectivity index (χ1) is 8.37. The van der Waals surface area contributed by atoms with Gasteiger partial charge in [0.25, 0.3) is 10.2 Å². The van der Waals surface area contributed by atoms with Gasteiger partial charge in [0.05, 0.1) is 6.61 Å². The quantitative estimate of drug-likeness (QED) is 0.735. The largest absolute Gasteiger partial charge is 0.383 e. The van der Waals surface area contributed by atoms with Crippen LogP contribution in [0.2, 0.25) is 0 Å². The van der Waals surface area contributed by atoms with Gasteiger partial charge in [0.15, 0.2) is 0 Å². The van der Waals surface area contributed by atoms with Crippen LogP contribution in [0.5, 0.6) is 0 Å². The Kier molecular flexibility index (Phi) is 6.00. The van der Waals surface area contributed by atoms with E-state index in [0.717, 1.165) is 12.8 Å². The fourth-order valence-electron chi connectivity index (χ4n) is 2.10. The normalized spacial score (nSPS) is 21.4. The molecule has 1 saturated heterocycles. The van der Waals surface area contributed by atoms with Gasteiger partial charge in [-0.25, -0.2) is 0 Å². The van der Waals surface area contributed by atoms with E-state index in [1.165, 1.54) is 4.31 Å². The number of rotatable bonds is 6. The molecular weight excluding hydrogens is 254 g/mol. The second kappa shape index (κ2) is 6.81. The molecule has 1 rings (SSSR count). The standard InChI is InChI=1S/C11H25N3O3S/c1-10-4-6-14(7-5-10)18(15,16)13(2)8-11(12)9-17-3/h10-11H,4-9,12H2,1-3H3. The maximum Gasteiger partial charge on any atom is 0.281 e. The van der Waals surface area contributed by atoms with Gasteiger partial charge in [0, 0.05) is 39.8 Å². The number of nitrogens with two attached hydrogens (primary N) is 1. The van der Waals surface area contributed by atoms with Crippen LogP contribution in [-0.4, -0.2) is 63.5 Å². The number of hydrogen-bond donors (Lipinski definition) is 1. The van der Waals surface area contributed by atoms with Crippen molar-refractivity contribution in [3.8, 4) is 0 Å². The molecule has 1 atom stereocenters. The van der Waals surface area contributed by atoms with Crippen molar-refractivity contribution >= 4 is 10.2 Å². The topological polar surface area (TPSA) is 75.9 Å². The molecule has 1 heterocycles. The first-order valence-corrected chi connectivity index (χ1v) is 7.73. The predicted octanol–water partition coefficient (Wildman–Crippen LogP) is -0.131. The van der Waals surface area contributed by atoms with Gasteiger partial charge >= 0.3 is 0 Å². The summed E-state index contributed by atoms with van der Waals surface area (Å²) in [5, 5.41) is 0. The van der Waals surface area contributed by atoms with Crippen LogP contribution < -0.4 is 5.73 Å². The van der Waals surface area contributed by atoms with E-state index in [0.29, 0.717) is 25.6 Å². The Labute approximate surface area is 110 Å². The zero-order valence-electron chi connectivity index (χ0n) is 11.5. The minimum Gasteiger partial charge on any atom is -0.383 e. The van der Waals surface area contributed by atoms with Crippen molar-refractivity contribution < 1.29 is 13.2 Å². The molecule has 1 unspecified atom stereocenters. The molecule has 1 aliphatic heterocycles. The minimum absolute atomic E-state index is 0.280. The summed E-state index contributed by atoms with van der Waals surface area (Å²) in [6, 6.07) is -0.293. The Morgan fingerprint density at radius 1 is 1.44 bits per heavy atom. The Bertz CT molecular complexity index is 339. The Hall–Kier alpha value is -0.210. The second-order valence-electron chi connectivity index (χ2n) is 5.09. The Balaban J connectivity index is 2.56. The van der Waals surface area contributed by atoms with Crippen LogP contribution in [-0.2, 0) is 14.9 Å². The molecule has 1 fully saturated rings. The van der Waals surface area contributed by atoms with E-state index in [1.54, 1.807) is 18.5 Å². The van der Waals surface area contributed by atoms with E-state index in [2.05, 4.69) is 6.92 Å². The summed E-state index contributed by atoms with van der Waals surface area (Å²) in [4.78, 5) is 0. The molecule has 0 amide bonds. The third kappa shape index (κ3) is 4.17. The molecule has 0 aromatic rings. The molecule has 0 aliphatic carbocycles. The van der Waals surface area contributed by atoms with Crippen molar-refractivity contribution in [3.05, 3.63) is 0 Å². The van der Waals surface area contributed by atoms with Crippen LogP contribution >= 0.6 is 0 Å². The van der Waals surface area contributed by atoms with Gasteiger partial charge in [0.1, 0.15) is 0 Å². The van der Waals surface area contributed by atoms with E-state index >= 15 is 0 Å². The van der Waals surface area contributed by atoms with Crippen molar-refractivity contribution in [2.75, 3.05) is 40.4 Å². The smallest absolute Gasteiger partial charge is 0.281 e. The molecule has 7 heteroatoms. The maximum atomic E-state index is 12.3. The van der Waals surface area contributed by atoms with Gasteiger partial charge in [0.2, 0.25) is 0 Å². The van der Waals surface area contributed by atoms with Gasteiger partial charge in [-0.15, -0.1) is 0 Å². The van der Waals surface area contributed by atoms with Crippen molar-refractivity contribution in [1.82, 2.24) is 8.61 Å². The zero-order chi connectivity index (χ0) is 13.8. The summed E-state index contributed by atoms with van der Waals surface area (Å²) in [5.74, 6) is 0.609. The minimum atomic E-state index is -3.37. The van der Waals surface area contributed by atoms with E-state index in [9.17, 15) is 8.42 Å². The molecule has 0 aromatic carbocycles. The van der Waals surface area contributed by atoms with Crippen LogP contribution in [0.3, 0.4) is 0 Å². The number of ether oxygens (including phenoxy) is 1. The first kappa shape index (κ1) is 15.8. The van der Waals surface area contributed by atoms with Gasteiger partial charge in [-0.05, 0) is 18.8 Å². The molecule has 0 saturated carbocycles. The van der Waals surface area contributed by atoms with Crippen LogP contribution in [0.15, 0.2) is 0 Å². The summed E-state index contributed by atoms with van der Waals surface area (Å²) in [6.07, 6.45) is 1.86. The van der Waals surface area contributed by atoms with Crippen LogP contribution in [0.1, 0.15) is 19.8 Å². The highest BCUT2D eigenvalue weighted by molar-refractivity contribution is 7.86. The van der Waals surface area contributed by atoms with Gasteiger partial charge < -0.3 is 10.5 Å². The van der Waals surface area contributed by atoms with Crippen LogP contribution in [0.4, 0.5) is 0 Å². The van der Waals surface area contributed by atoms with E-state index in [-0.39, 0.29) is 12.6 Å². The molecule has 1 aliphatic rings. The third-order valence-corrected chi connectivity index (χ3v) is 5.29. The Morgan fingerprint density at radius 3 is 2.50 bits per heavy atom. The highest BCUT2D eigenvalue weighted by atomic mass is 32.2. The summed E-state index contributed by atoms with van der Waals surface area (Å²) in [5.41, 5.74) is 5.78. The molecule has 2 N–H and O–H groups in total. The number of hydrogen-bond acceptors (Lipinski definition) is 4. The van der Waals surface area contributed by atoms with Crippen molar-refractivity contribution in [2.45, 2.75) is 25.8 Å². The molecule has 0 bridgehead atoms. The van der Waals surface area contributed by atoms with E-state index in [4.69, 9.17) is 10.5 Å². The Morgan fingerprint density at radius 2 is 2.00 bits per heavy atom. The molecule has 0 spiro atoms. The third-order valence-electron chi connectivity index (χ3n) is 3.34. The number of nitrogens with zero attached hydrogens (tertiary/aromatic N) is 2. The second-order valence-corrected chi connectivity index (χ2v) is 7.12. The molecule has 108 valence electrons. The zero-order valence-corrected chi connectivity index (χ0v) is 12.3. The lowest BCUT2D eigenvalue weighted by atomic mass is 10.0. The van der Waals surface area contributed by atoms with Crippen molar-refractivity contribution in [1.29, 1.82) is 0 Å². The van der Waals surface area contributed by atoms with Crippen LogP contribution in [0.25, 0.3) is 0 Å². The summed E-state index contributed by atoms with van der Waals surface area (Å²) in [6.45, 7) is 4.00. The average molecular weight is 279 g/mol. The molecular formula is C11H25N3O3S. The highest BCUT2D eigenvalue weighted by Gasteiger charge is 2.30. The van der Waals surface area contributed by atoms with E-state index < -0.39 is 10.2 Å². The number of piperidine rings is 1. The van der Waals surface area contributed by atoms with Gasteiger partial charge in [-0.1, -0.05) is 6.92 Å². The first-order valence-electron chi connectivity index (χ1n) is 6.33. The summed E-state index contributed by atoms with van der Waals surface area (Å²) >= 11 is 0. The highest BCUT2D eigenvalue weighted by Crippen LogP contribution is 2.20. The maximum absolute atomic E-state index is 12.3. The monoisotopic (exact) mass is 279 g/mol. The van der Waals surface area contributed by atoms with Gasteiger partial charge in [-0.2, -0.15) is 17.0 Å². The van der Waals surface area contributed by atoms with Crippen molar-refractivity contribution in [2.24, 2.45) is 11.7 Å². The van der Waals surface area contributed by atoms with Crippen molar-refractivity contribution in [3.63, 3.8) is 0 Å². The predicted molar refractivity (Wildman–Crippen MR) is 71.4 cm³/mol. The number of likely N-dealkylation sites (N-methyl/N-ethyl adjacent to an activating group) is 1. The lowest BCUT2D eigenvalue weighted by Crippen LogP contribution is -2.49. The molecule has 0 radical (unpaired) electrons. The van der Waals surface area contributed by atoms with Crippen LogP contribution in [0, 0.1) is 5.92 Å². The fraction of sp³-hybridized carbons (Fsp3) is 1.00. The number of methoxy groups -OCH3 is 1. The molecule has 18 heavy (non-hydrogen) atoms. The fourth-order valence-corrected chi connectivity index (χ4v) is 3.55. The van der Waals surface area contributed by atoms with E-state index in [1.807, 2.05) is 0 Å². The summed E-state index contributed by atoms with van der Waals surface area (Å²) < 4.78 is 32.4. The molecule has 0 aromatic heterocycles. The average Bonchev–Trinajstić information content (AvgIpc) is 2.29.